The lowest BCUT2D eigenvalue weighted by Crippen LogP contribution is -2.50. The largest absolute Gasteiger partial charge is 0.467 e. The van der Waals surface area contributed by atoms with Gasteiger partial charge in [0.1, 0.15) is 5.82 Å². The summed E-state index contributed by atoms with van der Waals surface area (Å²) in [6, 6.07) is 9.64. The summed E-state index contributed by atoms with van der Waals surface area (Å²) in [5, 5.41) is 7.60. The molecule has 2 aromatic heterocycles. The Morgan fingerprint density at radius 1 is 1.27 bits per heavy atom. The van der Waals surface area contributed by atoms with Crippen LogP contribution >= 0.6 is 23.6 Å². The van der Waals surface area contributed by atoms with Crippen molar-refractivity contribution in [2.24, 2.45) is 0 Å². The Labute approximate surface area is 198 Å². The Morgan fingerprint density at radius 3 is 2.64 bits per heavy atom. The van der Waals surface area contributed by atoms with Crippen molar-refractivity contribution in [3.05, 3.63) is 70.4 Å². The van der Waals surface area contributed by atoms with Crippen molar-refractivity contribution in [3.8, 4) is 6.01 Å². The highest BCUT2D eigenvalue weighted by Gasteiger charge is 2.53. The third-order valence-corrected chi connectivity index (χ3v) is 6.56. The Bertz CT molecular complexity index is 1160. The van der Waals surface area contributed by atoms with Crippen LogP contribution in [0.3, 0.4) is 0 Å². The summed E-state index contributed by atoms with van der Waals surface area (Å²) < 4.78 is 18.6. The fourth-order valence-electron chi connectivity index (χ4n) is 3.75. The maximum absolute atomic E-state index is 13.7. The number of nitrogens with one attached hydrogen (secondary N) is 2. The number of nitrogens with zero attached hydrogens (tertiary/aromatic N) is 3. The van der Waals surface area contributed by atoms with Crippen molar-refractivity contribution < 1.29 is 18.7 Å². The minimum Gasteiger partial charge on any atom is -0.467 e. The van der Waals surface area contributed by atoms with Crippen molar-refractivity contribution in [3.63, 3.8) is 0 Å². The molecule has 0 saturated carbocycles. The molecule has 1 aliphatic heterocycles. The number of aromatic nitrogens is 2. The number of rotatable bonds is 8. The molecule has 33 heavy (non-hydrogen) atoms. The van der Waals surface area contributed by atoms with Gasteiger partial charge in [0.05, 0.1) is 31.6 Å². The van der Waals surface area contributed by atoms with Crippen LogP contribution in [0.2, 0.25) is 0 Å². The van der Waals surface area contributed by atoms with E-state index in [2.05, 4.69) is 20.6 Å². The second-order valence-electron chi connectivity index (χ2n) is 7.29. The normalized spacial score (nSPS) is 17.7. The molecule has 2 N–H and O–H groups in total. The number of halogens is 1. The van der Waals surface area contributed by atoms with E-state index in [-0.39, 0.29) is 17.5 Å². The van der Waals surface area contributed by atoms with Gasteiger partial charge < -0.3 is 20.3 Å². The van der Waals surface area contributed by atoms with Crippen LogP contribution in [-0.4, -0.2) is 45.4 Å². The smallest absolute Gasteiger partial charge is 0.316 e. The number of hydrogen-bond donors (Lipinski definition) is 2. The van der Waals surface area contributed by atoms with Crippen molar-refractivity contribution in [1.82, 2.24) is 20.2 Å². The molecule has 0 bridgehead atoms. The standard InChI is InChI=1S/C22H20FN5O3S2/c1-31-20-24-12-16(13-25-20)26-18(29)11-22(14-4-6-15(23)7-5-14)19(30)27-21(32)28(22)9-8-17-3-2-10-33-17/h2-7,10,12-13H,8-9,11H2,1H3,(H,26,29)(H,27,30,32). The first-order valence-electron chi connectivity index (χ1n) is 10.00. The summed E-state index contributed by atoms with van der Waals surface area (Å²) in [4.78, 5) is 37.1. The molecule has 4 rings (SSSR count). The van der Waals surface area contributed by atoms with E-state index in [1.165, 1.54) is 43.8 Å². The highest BCUT2D eigenvalue weighted by Crippen LogP contribution is 2.37. The van der Waals surface area contributed by atoms with Crippen LogP contribution in [-0.2, 0) is 21.5 Å². The van der Waals surface area contributed by atoms with Gasteiger partial charge in [0.25, 0.3) is 5.91 Å². The van der Waals surface area contributed by atoms with Gasteiger partial charge in [-0.2, -0.15) is 0 Å². The highest BCUT2D eigenvalue weighted by atomic mass is 32.1. The summed E-state index contributed by atoms with van der Waals surface area (Å²) in [7, 11) is 1.44. The number of benzene rings is 1. The van der Waals surface area contributed by atoms with Crippen LogP contribution in [0, 0.1) is 5.82 Å². The molecule has 170 valence electrons. The van der Waals surface area contributed by atoms with E-state index in [1.54, 1.807) is 16.2 Å². The van der Waals surface area contributed by atoms with E-state index in [4.69, 9.17) is 17.0 Å². The van der Waals surface area contributed by atoms with Gasteiger partial charge in [-0.05, 0) is 47.8 Å². The van der Waals surface area contributed by atoms with Gasteiger partial charge in [-0.1, -0.05) is 18.2 Å². The maximum atomic E-state index is 13.7. The lowest BCUT2D eigenvalue weighted by atomic mass is 9.84. The molecule has 1 fully saturated rings. The maximum Gasteiger partial charge on any atom is 0.316 e. The van der Waals surface area contributed by atoms with Gasteiger partial charge in [-0.15, -0.1) is 11.3 Å². The Kier molecular flexibility index (Phi) is 6.61. The molecule has 2 amide bonds. The van der Waals surface area contributed by atoms with Crippen molar-refractivity contribution in [2.45, 2.75) is 18.4 Å². The van der Waals surface area contributed by atoms with Crippen LogP contribution in [0.5, 0.6) is 6.01 Å². The van der Waals surface area contributed by atoms with Crippen LogP contribution in [0.15, 0.2) is 54.2 Å². The van der Waals surface area contributed by atoms with Crippen LogP contribution in [0.1, 0.15) is 16.9 Å². The van der Waals surface area contributed by atoms with Crippen molar-refractivity contribution >= 4 is 46.2 Å². The van der Waals surface area contributed by atoms with Crippen molar-refractivity contribution in [2.75, 3.05) is 19.0 Å². The molecule has 3 aromatic rings. The van der Waals surface area contributed by atoms with Gasteiger partial charge in [0.15, 0.2) is 10.7 Å². The summed E-state index contributed by atoms with van der Waals surface area (Å²) in [5.74, 6) is -1.33. The zero-order valence-corrected chi connectivity index (χ0v) is 19.2. The predicted molar refractivity (Wildman–Crippen MR) is 125 cm³/mol. The minimum atomic E-state index is -1.43. The van der Waals surface area contributed by atoms with Crippen molar-refractivity contribution in [1.29, 1.82) is 0 Å². The Morgan fingerprint density at radius 2 is 2.00 bits per heavy atom. The van der Waals surface area contributed by atoms with Crippen LogP contribution in [0.4, 0.5) is 10.1 Å². The van der Waals surface area contributed by atoms with Crippen LogP contribution < -0.4 is 15.4 Å². The zero-order chi connectivity index (χ0) is 23.4. The van der Waals surface area contributed by atoms with Gasteiger partial charge in [0, 0.05) is 11.4 Å². The minimum absolute atomic E-state index is 0.163. The fourth-order valence-corrected chi connectivity index (χ4v) is 4.79. The number of ether oxygens (including phenoxy) is 1. The number of hydrogen-bond acceptors (Lipinski definition) is 7. The Balaban J connectivity index is 1.65. The summed E-state index contributed by atoms with van der Waals surface area (Å²) >= 11 is 7.05. The molecular weight excluding hydrogens is 465 g/mol. The molecule has 0 spiro atoms. The molecule has 1 saturated heterocycles. The summed E-state index contributed by atoms with van der Waals surface area (Å²) in [6.07, 6.45) is 3.19. The molecule has 0 radical (unpaired) electrons. The van der Waals surface area contributed by atoms with E-state index in [1.807, 2.05) is 17.5 Å². The van der Waals surface area contributed by atoms with E-state index < -0.39 is 23.2 Å². The molecular formula is C22H20FN5O3S2. The fraction of sp³-hybridized carbons (Fsp3) is 0.227. The van der Waals surface area contributed by atoms with E-state index in [0.717, 1.165) is 4.88 Å². The highest BCUT2D eigenvalue weighted by molar-refractivity contribution is 7.80. The number of anilines is 1. The SMILES string of the molecule is COc1ncc(NC(=O)CC2(c3ccc(F)cc3)C(=O)NC(=S)N2CCc2cccs2)cn1. The van der Waals surface area contributed by atoms with Gasteiger partial charge in [-0.25, -0.2) is 14.4 Å². The Hall–Kier alpha value is -3.44. The first kappa shape index (κ1) is 22.7. The molecule has 11 heteroatoms. The lowest BCUT2D eigenvalue weighted by molar-refractivity contribution is -0.131. The quantitative estimate of drug-likeness (QED) is 0.474. The van der Waals surface area contributed by atoms with E-state index in [9.17, 15) is 14.0 Å². The average molecular weight is 486 g/mol. The monoisotopic (exact) mass is 485 g/mol. The molecule has 0 aliphatic carbocycles. The van der Waals surface area contributed by atoms with E-state index >= 15 is 0 Å². The van der Waals surface area contributed by atoms with Gasteiger partial charge in [0.2, 0.25) is 5.91 Å². The third kappa shape index (κ3) is 4.69. The number of methoxy groups -OCH3 is 1. The number of carbonyl (C=O) groups excluding carboxylic acids is 2. The molecule has 3 heterocycles. The number of amides is 2. The molecule has 1 unspecified atom stereocenters. The number of carbonyl (C=O) groups is 2. The molecule has 1 atom stereocenters. The van der Waals surface area contributed by atoms with E-state index in [0.29, 0.717) is 24.2 Å². The van der Waals surface area contributed by atoms with Gasteiger partial charge >= 0.3 is 6.01 Å². The predicted octanol–water partition coefficient (Wildman–Crippen LogP) is 2.87. The first-order valence-corrected chi connectivity index (χ1v) is 11.3. The second-order valence-corrected chi connectivity index (χ2v) is 8.71. The average Bonchev–Trinajstić information content (AvgIpc) is 3.40. The van der Waals surface area contributed by atoms with Crippen LogP contribution in [0.25, 0.3) is 0 Å². The number of thiophene rings is 1. The lowest BCUT2D eigenvalue weighted by Gasteiger charge is -2.36. The molecule has 1 aromatic carbocycles. The summed E-state index contributed by atoms with van der Waals surface area (Å²) in [6.45, 7) is 0.397. The topological polar surface area (TPSA) is 96.4 Å². The third-order valence-electron chi connectivity index (χ3n) is 5.30. The van der Waals surface area contributed by atoms with Gasteiger partial charge in [-0.3, -0.25) is 9.59 Å². The first-order chi connectivity index (χ1) is 15.9. The zero-order valence-electron chi connectivity index (χ0n) is 17.6. The molecule has 1 aliphatic rings. The second kappa shape index (κ2) is 9.59. The molecule has 8 nitrogen and oxygen atoms in total. The number of thiocarbonyl (C=S) groups is 1. The summed E-state index contributed by atoms with van der Waals surface area (Å²) in [5.41, 5.74) is -0.617.